The first-order valence-corrected chi connectivity index (χ1v) is 5.13. The van der Waals surface area contributed by atoms with Crippen molar-refractivity contribution in [2.24, 2.45) is 5.92 Å². The zero-order valence-electron chi connectivity index (χ0n) is 8.12. The highest BCUT2D eigenvalue weighted by molar-refractivity contribution is 4.85. The molecule has 2 aliphatic rings. The molecule has 0 N–H and O–H groups in total. The number of hydrogen-bond donors (Lipinski definition) is 0. The lowest BCUT2D eigenvalue weighted by atomic mass is 9.93. The summed E-state index contributed by atoms with van der Waals surface area (Å²) in [6, 6.07) is 0.690. The smallest absolute Gasteiger partial charge is 0.0731 e. The minimum atomic E-state index is 0.557. The van der Waals surface area contributed by atoms with Crippen LogP contribution >= 0.6 is 0 Å². The van der Waals surface area contributed by atoms with E-state index in [-0.39, 0.29) is 0 Å². The Bertz CT molecular complexity index is 158. The van der Waals surface area contributed by atoms with Crippen LogP contribution in [0.25, 0.3) is 0 Å². The summed E-state index contributed by atoms with van der Waals surface area (Å²) < 4.78 is 5.70. The Morgan fingerprint density at radius 3 is 2.92 bits per heavy atom. The Hall–Kier alpha value is -0.0800. The van der Waals surface area contributed by atoms with Crippen LogP contribution < -0.4 is 0 Å². The number of rotatable bonds is 1. The number of hydrogen-bond acceptors (Lipinski definition) is 2. The molecule has 2 heterocycles. The van der Waals surface area contributed by atoms with E-state index in [1.807, 2.05) is 0 Å². The first-order valence-electron chi connectivity index (χ1n) is 5.13. The van der Waals surface area contributed by atoms with E-state index in [1.165, 1.54) is 25.9 Å². The fourth-order valence-electron chi connectivity index (χ4n) is 2.35. The third kappa shape index (κ3) is 1.50. The summed E-state index contributed by atoms with van der Waals surface area (Å²) in [5, 5.41) is 0. The van der Waals surface area contributed by atoms with Crippen LogP contribution in [0.4, 0.5) is 0 Å². The second-order valence-corrected chi connectivity index (χ2v) is 4.34. The van der Waals surface area contributed by atoms with Crippen molar-refractivity contribution in [3.8, 4) is 0 Å². The normalized spacial score (nSPS) is 37.2. The molecular formula is C10H19NO. The van der Waals surface area contributed by atoms with Gasteiger partial charge in [-0.3, -0.25) is 4.90 Å². The van der Waals surface area contributed by atoms with Gasteiger partial charge in [-0.1, -0.05) is 0 Å². The van der Waals surface area contributed by atoms with Gasteiger partial charge in [0.15, 0.2) is 0 Å². The SMILES string of the molecule is CC(C)N1CCC2CCOC2C1. The summed E-state index contributed by atoms with van der Waals surface area (Å²) >= 11 is 0. The van der Waals surface area contributed by atoms with Crippen molar-refractivity contribution in [1.29, 1.82) is 0 Å². The van der Waals surface area contributed by atoms with Crippen molar-refractivity contribution >= 4 is 0 Å². The molecule has 70 valence electrons. The molecule has 0 aromatic carbocycles. The van der Waals surface area contributed by atoms with E-state index < -0.39 is 0 Å². The molecule has 2 heteroatoms. The highest BCUT2D eigenvalue weighted by Gasteiger charge is 2.34. The third-order valence-electron chi connectivity index (χ3n) is 3.28. The molecule has 0 bridgehead atoms. The predicted octanol–water partition coefficient (Wildman–Crippen LogP) is 1.51. The van der Waals surface area contributed by atoms with E-state index in [1.54, 1.807) is 0 Å². The number of likely N-dealkylation sites (tertiary alicyclic amines) is 1. The molecule has 2 nitrogen and oxygen atoms in total. The second kappa shape index (κ2) is 3.35. The first-order chi connectivity index (χ1) is 5.77. The molecule has 0 aliphatic carbocycles. The van der Waals surface area contributed by atoms with Crippen LogP contribution in [-0.2, 0) is 4.74 Å². The number of ether oxygens (including phenoxy) is 1. The largest absolute Gasteiger partial charge is 0.377 e. The molecule has 0 amide bonds. The lowest BCUT2D eigenvalue weighted by molar-refractivity contribution is 0.0154. The standard InChI is InChI=1S/C10H19NO/c1-8(2)11-5-3-9-4-6-12-10(9)7-11/h8-10H,3-7H2,1-2H3. The maximum Gasteiger partial charge on any atom is 0.0731 e. The average Bonchev–Trinajstić information content (AvgIpc) is 2.49. The van der Waals surface area contributed by atoms with E-state index in [2.05, 4.69) is 18.7 Å². The van der Waals surface area contributed by atoms with Crippen LogP contribution in [0.1, 0.15) is 26.7 Å². The van der Waals surface area contributed by atoms with Crippen LogP contribution in [0.2, 0.25) is 0 Å². The quantitative estimate of drug-likeness (QED) is 0.590. The van der Waals surface area contributed by atoms with Crippen molar-refractivity contribution in [2.45, 2.75) is 38.8 Å². The Balaban J connectivity index is 1.92. The molecule has 2 unspecified atom stereocenters. The molecule has 2 fully saturated rings. The lowest BCUT2D eigenvalue weighted by Gasteiger charge is -2.36. The van der Waals surface area contributed by atoms with Crippen LogP contribution in [0, 0.1) is 5.92 Å². The molecule has 0 saturated carbocycles. The molecule has 2 aliphatic heterocycles. The fraction of sp³-hybridized carbons (Fsp3) is 1.00. The summed E-state index contributed by atoms with van der Waals surface area (Å²) in [6.07, 6.45) is 3.21. The van der Waals surface area contributed by atoms with Gasteiger partial charge in [0.25, 0.3) is 0 Å². The number of piperidine rings is 1. The molecule has 2 atom stereocenters. The Labute approximate surface area is 74.9 Å². The molecule has 0 spiro atoms. The predicted molar refractivity (Wildman–Crippen MR) is 49.2 cm³/mol. The van der Waals surface area contributed by atoms with Crippen molar-refractivity contribution in [3.63, 3.8) is 0 Å². The lowest BCUT2D eigenvalue weighted by Crippen LogP contribution is -2.45. The second-order valence-electron chi connectivity index (χ2n) is 4.34. The summed E-state index contributed by atoms with van der Waals surface area (Å²) in [5.74, 6) is 0.875. The van der Waals surface area contributed by atoms with Gasteiger partial charge >= 0.3 is 0 Å². The molecule has 12 heavy (non-hydrogen) atoms. The Morgan fingerprint density at radius 1 is 1.33 bits per heavy atom. The van der Waals surface area contributed by atoms with Crippen LogP contribution in [-0.4, -0.2) is 36.7 Å². The zero-order chi connectivity index (χ0) is 8.55. The Morgan fingerprint density at radius 2 is 2.17 bits per heavy atom. The van der Waals surface area contributed by atoms with Gasteiger partial charge in [0, 0.05) is 19.2 Å². The summed E-state index contributed by atoms with van der Waals surface area (Å²) in [7, 11) is 0. The Kier molecular flexibility index (Phi) is 2.37. The molecule has 0 aromatic rings. The summed E-state index contributed by atoms with van der Waals surface area (Å²) in [6.45, 7) is 8.00. The van der Waals surface area contributed by atoms with Crippen LogP contribution in [0.15, 0.2) is 0 Å². The van der Waals surface area contributed by atoms with E-state index in [4.69, 9.17) is 4.74 Å². The molecule has 2 rings (SSSR count). The van der Waals surface area contributed by atoms with E-state index in [0.29, 0.717) is 12.1 Å². The maximum absolute atomic E-state index is 5.70. The number of fused-ring (bicyclic) bond motifs is 1. The van der Waals surface area contributed by atoms with Gasteiger partial charge in [0.2, 0.25) is 0 Å². The molecule has 0 radical (unpaired) electrons. The minimum absolute atomic E-state index is 0.557. The highest BCUT2D eigenvalue weighted by atomic mass is 16.5. The van der Waals surface area contributed by atoms with Crippen molar-refractivity contribution in [3.05, 3.63) is 0 Å². The average molecular weight is 169 g/mol. The van der Waals surface area contributed by atoms with Crippen molar-refractivity contribution in [1.82, 2.24) is 4.90 Å². The first kappa shape index (κ1) is 8.52. The van der Waals surface area contributed by atoms with Crippen molar-refractivity contribution in [2.75, 3.05) is 19.7 Å². The third-order valence-corrected chi connectivity index (χ3v) is 3.28. The van der Waals surface area contributed by atoms with E-state index in [9.17, 15) is 0 Å². The van der Waals surface area contributed by atoms with Gasteiger partial charge in [-0.2, -0.15) is 0 Å². The van der Waals surface area contributed by atoms with Gasteiger partial charge in [-0.15, -0.1) is 0 Å². The fourth-order valence-corrected chi connectivity index (χ4v) is 2.35. The highest BCUT2D eigenvalue weighted by Crippen LogP contribution is 2.29. The number of nitrogens with zero attached hydrogens (tertiary/aromatic N) is 1. The van der Waals surface area contributed by atoms with Gasteiger partial charge in [0.1, 0.15) is 0 Å². The van der Waals surface area contributed by atoms with Gasteiger partial charge in [-0.25, -0.2) is 0 Å². The molecule has 2 saturated heterocycles. The van der Waals surface area contributed by atoms with Crippen LogP contribution in [0.5, 0.6) is 0 Å². The topological polar surface area (TPSA) is 12.5 Å². The van der Waals surface area contributed by atoms with Crippen molar-refractivity contribution < 1.29 is 4.74 Å². The van der Waals surface area contributed by atoms with Crippen LogP contribution in [0.3, 0.4) is 0 Å². The summed E-state index contributed by atoms with van der Waals surface area (Å²) in [5.41, 5.74) is 0. The van der Waals surface area contributed by atoms with E-state index >= 15 is 0 Å². The molecule has 0 aromatic heterocycles. The van der Waals surface area contributed by atoms with E-state index in [0.717, 1.165) is 12.5 Å². The maximum atomic E-state index is 5.70. The monoisotopic (exact) mass is 169 g/mol. The minimum Gasteiger partial charge on any atom is -0.377 e. The summed E-state index contributed by atoms with van der Waals surface area (Å²) in [4.78, 5) is 2.53. The zero-order valence-corrected chi connectivity index (χ0v) is 8.12. The van der Waals surface area contributed by atoms with Gasteiger partial charge in [-0.05, 0) is 39.2 Å². The van der Waals surface area contributed by atoms with Gasteiger partial charge in [0.05, 0.1) is 6.10 Å². The van der Waals surface area contributed by atoms with Gasteiger partial charge < -0.3 is 4.74 Å². The molecular weight excluding hydrogens is 150 g/mol.